The Labute approximate surface area is 128 Å². The summed E-state index contributed by atoms with van der Waals surface area (Å²) in [5.74, 6) is -0.338. The summed E-state index contributed by atoms with van der Waals surface area (Å²) in [4.78, 5) is 16.5. The van der Waals surface area contributed by atoms with Crippen LogP contribution in [0.1, 0.15) is 22.9 Å². The van der Waals surface area contributed by atoms with Crippen LogP contribution in [0.15, 0.2) is 30.5 Å². The van der Waals surface area contributed by atoms with Crippen LogP contribution in [0, 0.1) is 5.82 Å². The van der Waals surface area contributed by atoms with Crippen molar-refractivity contribution < 1.29 is 9.18 Å². The van der Waals surface area contributed by atoms with Gasteiger partial charge in [0.05, 0.1) is 6.20 Å². The van der Waals surface area contributed by atoms with Crippen LogP contribution in [0.2, 0.25) is 0 Å². The van der Waals surface area contributed by atoms with Gasteiger partial charge in [0.2, 0.25) is 5.91 Å². The van der Waals surface area contributed by atoms with Gasteiger partial charge >= 0.3 is 0 Å². The number of benzene rings is 1. The van der Waals surface area contributed by atoms with Gasteiger partial charge in [-0.1, -0.05) is 12.1 Å². The van der Waals surface area contributed by atoms with Crippen molar-refractivity contribution in [1.82, 2.24) is 20.0 Å². The molecule has 0 aliphatic carbocycles. The van der Waals surface area contributed by atoms with Gasteiger partial charge in [-0.2, -0.15) is 5.10 Å². The number of fused-ring (bicyclic) bond motifs is 1. The third kappa shape index (κ3) is 2.74. The fourth-order valence-electron chi connectivity index (χ4n) is 2.92. The second kappa shape index (κ2) is 5.88. The third-order valence-electron chi connectivity index (χ3n) is 4.03. The van der Waals surface area contributed by atoms with Crippen molar-refractivity contribution in [1.29, 1.82) is 0 Å². The van der Waals surface area contributed by atoms with E-state index in [0.29, 0.717) is 18.7 Å². The smallest absolute Gasteiger partial charge is 0.244 e. The van der Waals surface area contributed by atoms with Gasteiger partial charge in [0.25, 0.3) is 0 Å². The molecule has 1 atom stereocenters. The summed E-state index contributed by atoms with van der Waals surface area (Å²) in [7, 11) is 3.67. The Morgan fingerprint density at radius 2 is 2.27 bits per heavy atom. The fraction of sp³-hybridized carbons (Fsp3) is 0.375. The van der Waals surface area contributed by atoms with Gasteiger partial charge in [0, 0.05) is 30.8 Å². The van der Waals surface area contributed by atoms with Crippen LogP contribution >= 0.6 is 0 Å². The quantitative estimate of drug-likeness (QED) is 0.939. The molecule has 1 N–H and O–H groups in total. The lowest BCUT2D eigenvalue weighted by atomic mass is 10.0. The second-order valence-corrected chi connectivity index (χ2v) is 5.80. The van der Waals surface area contributed by atoms with Crippen molar-refractivity contribution in [2.24, 2.45) is 0 Å². The first-order valence-corrected chi connectivity index (χ1v) is 7.28. The molecule has 1 amide bonds. The fourth-order valence-corrected chi connectivity index (χ4v) is 2.92. The summed E-state index contributed by atoms with van der Waals surface area (Å²) in [6.45, 7) is 1.19. The highest BCUT2D eigenvalue weighted by atomic mass is 19.1. The molecule has 116 valence electrons. The van der Waals surface area contributed by atoms with Crippen LogP contribution in [0.3, 0.4) is 0 Å². The van der Waals surface area contributed by atoms with Crippen LogP contribution < -0.4 is 0 Å². The number of carbonyl (C=O) groups excluding carboxylic acids is 1. The number of nitrogens with zero attached hydrogens (tertiary/aromatic N) is 3. The number of nitrogens with one attached hydrogen (secondary N) is 1. The number of H-pyrrole nitrogens is 1. The van der Waals surface area contributed by atoms with Crippen LogP contribution in [0.5, 0.6) is 0 Å². The SMILES string of the molecule is CN(C)C(C(=O)N1CCc2[nH]ncc2C1)c1cccc(F)c1. The lowest BCUT2D eigenvalue weighted by Crippen LogP contribution is -2.42. The molecule has 1 aromatic heterocycles. The summed E-state index contributed by atoms with van der Waals surface area (Å²) >= 11 is 0. The minimum absolute atomic E-state index is 0.0116. The van der Waals surface area contributed by atoms with E-state index in [1.165, 1.54) is 12.1 Å². The zero-order valence-corrected chi connectivity index (χ0v) is 12.7. The van der Waals surface area contributed by atoms with E-state index in [4.69, 9.17) is 0 Å². The maximum Gasteiger partial charge on any atom is 0.244 e. The van der Waals surface area contributed by atoms with E-state index < -0.39 is 6.04 Å². The third-order valence-corrected chi connectivity index (χ3v) is 4.03. The first-order chi connectivity index (χ1) is 10.6. The summed E-state index contributed by atoms with van der Waals surface area (Å²) in [5.41, 5.74) is 2.82. The van der Waals surface area contributed by atoms with Gasteiger partial charge in [-0.3, -0.25) is 14.8 Å². The highest BCUT2D eigenvalue weighted by Crippen LogP contribution is 2.25. The number of likely N-dealkylation sites (N-methyl/N-ethyl adjacent to an activating group) is 1. The Hall–Kier alpha value is -2.21. The molecule has 0 bridgehead atoms. The topological polar surface area (TPSA) is 52.2 Å². The molecule has 5 nitrogen and oxygen atoms in total. The van der Waals surface area contributed by atoms with E-state index in [1.54, 1.807) is 18.3 Å². The highest BCUT2D eigenvalue weighted by Gasteiger charge is 2.30. The summed E-state index contributed by atoms with van der Waals surface area (Å²) in [5, 5.41) is 6.98. The summed E-state index contributed by atoms with van der Waals surface area (Å²) < 4.78 is 13.5. The number of amides is 1. The number of hydrogen-bond acceptors (Lipinski definition) is 3. The Balaban J connectivity index is 1.85. The molecule has 1 aliphatic heterocycles. The monoisotopic (exact) mass is 302 g/mol. The Morgan fingerprint density at radius 1 is 1.45 bits per heavy atom. The molecular formula is C16H19FN4O. The maximum absolute atomic E-state index is 13.5. The van der Waals surface area contributed by atoms with Gasteiger partial charge in [0.1, 0.15) is 11.9 Å². The molecule has 0 saturated carbocycles. The van der Waals surface area contributed by atoms with Crippen molar-refractivity contribution in [3.63, 3.8) is 0 Å². The molecule has 6 heteroatoms. The molecular weight excluding hydrogens is 283 g/mol. The van der Waals surface area contributed by atoms with Gasteiger partial charge in [0.15, 0.2) is 0 Å². The molecule has 2 aromatic rings. The molecule has 1 aromatic carbocycles. The molecule has 1 unspecified atom stereocenters. The predicted octanol–water partition coefficient (Wildman–Crippen LogP) is 1.74. The molecule has 3 rings (SSSR count). The molecule has 22 heavy (non-hydrogen) atoms. The van der Waals surface area contributed by atoms with Crippen molar-refractivity contribution in [3.8, 4) is 0 Å². The van der Waals surface area contributed by atoms with Crippen molar-refractivity contribution in [2.75, 3.05) is 20.6 Å². The van der Waals surface area contributed by atoms with E-state index in [-0.39, 0.29) is 11.7 Å². The first-order valence-electron chi connectivity index (χ1n) is 7.28. The van der Waals surface area contributed by atoms with E-state index in [2.05, 4.69) is 10.2 Å². The number of rotatable bonds is 3. The van der Waals surface area contributed by atoms with Crippen LogP contribution in [-0.4, -0.2) is 46.5 Å². The van der Waals surface area contributed by atoms with Gasteiger partial charge in [-0.05, 0) is 31.8 Å². The second-order valence-electron chi connectivity index (χ2n) is 5.80. The number of halogens is 1. The largest absolute Gasteiger partial charge is 0.336 e. The summed E-state index contributed by atoms with van der Waals surface area (Å²) in [6, 6.07) is 5.76. The predicted molar refractivity (Wildman–Crippen MR) is 80.5 cm³/mol. The number of aromatic amines is 1. The Kier molecular flexibility index (Phi) is 3.94. The Bertz CT molecular complexity index is 682. The van der Waals surface area contributed by atoms with Crippen LogP contribution in [-0.2, 0) is 17.8 Å². The van der Waals surface area contributed by atoms with Crippen molar-refractivity contribution in [3.05, 3.63) is 53.1 Å². The van der Waals surface area contributed by atoms with E-state index in [0.717, 1.165) is 17.7 Å². The standard InChI is InChI=1S/C16H19FN4O/c1-20(2)15(11-4-3-5-13(17)8-11)16(22)21-7-6-14-12(10-21)9-18-19-14/h3-5,8-9,15H,6-7,10H2,1-2H3,(H,18,19). The number of aromatic nitrogens is 2. The first kappa shape index (κ1) is 14.7. The molecule has 1 aliphatic rings. The molecule has 0 fully saturated rings. The van der Waals surface area contributed by atoms with E-state index in [1.807, 2.05) is 23.9 Å². The maximum atomic E-state index is 13.5. The minimum atomic E-state index is -0.482. The zero-order valence-electron chi connectivity index (χ0n) is 12.7. The lowest BCUT2D eigenvalue weighted by Gasteiger charge is -2.33. The highest BCUT2D eigenvalue weighted by molar-refractivity contribution is 5.83. The average molecular weight is 302 g/mol. The molecule has 2 heterocycles. The minimum Gasteiger partial charge on any atom is -0.336 e. The van der Waals surface area contributed by atoms with E-state index in [9.17, 15) is 9.18 Å². The molecule has 0 radical (unpaired) electrons. The van der Waals surface area contributed by atoms with Crippen molar-refractivity contribution in [2.45, 2.75) is 19.0 Å². The summed E-state index contributed by atoms with van der Waals surface area (Å²) in [6.07, 6.45) is 2.53. The Morgan fingerprint density at radius 3 is 3.00 bits per heavy atom. The number of carbonyl (C=O) groups is 1. The van der Waals surface area contributed by atoms with Crippen LogP contribution in [0.4, 0.5) is 4.39 Å². The van der Waals surface area contributed by atoms with Crippen LogP contribution in [0.25, 0.3) is 0 Å². The normalized spacial score (nSPS) is 15.7. The zero-order chi connectivity index (χ0) is 15.7. The van der Waals surface area contributed by atoms with Gasteiger partial charge in [-0.25, -0.2) is 4.39 Å². The van der Waals surface area contributed by atoms with E-state index >= 15 is 0 Å². The molecule has 0 spiro atoms. The van der Waals surface area contributed by atoms with Gasteiger partial charge in [-0.15, -0.1) is 0 Å². The van der Waals surface area contributed by atoms with Gasteiger partial charge < -0.3 is 4.90 Å². The number of hydrogen-bond donors (Lipinski definition) is 1. The lowest BCUT2D eigenvalue weighted by molar-refractivity contribution is -0.137. The van der Waals surface area contributed by atoms with Crippen molar-refractivity contribution >= 4 is 5.91 Å². The average Bonchev–Trinajstić information content (AvgIpc) is 2.94. The molecule has 0 saturated heterocycles.